The van der Waals surface area contributed by atoms with Crippen LogP contribution in [0.15, 0.2) is 73.4 Å². The zero-order valence-corrected chi connectivity index (χ0v) is 31.8. The Kier molecular flexibility index (Phi) is 9.53. The molecule has 3 aliphatic rings. The number of nitrogens with two attached hydrogens (primary N) is 1. The number of nitrogen functional groups attached to an aromatic ring is 1. The number of aryl methyl sites for hydroxylation is 1. The number of nitrogens with one attached hydrogen (secondary N) is 2. The molecule has 16 nitrogen and oxygen atoms in total. The molecule has 3 amide bonds. The molecule has 0 radical (unpaired) electrons. The Balaban J connectivity index is 0.784. The molecule has 57 heavy (non-hydrogen) atoms. The van der Waals surface area contributed by atoms with Gasteiger partial charge in [0.1, 0.15) is 11.9 Å². The predicted octanol–water partition coefficient (Wildman–Crippen LogP) is 4.11. The zero-order valence-electron chi connectivity index (χ0n) is 31.8. The van der Waals surface area contributed by atoms with E-state index >= 15 is 0 Å². The summed E-state index contributed by atoms with van der Waals surface area (Å²) in [7, 11) is 1.88. The normalized spacial score (nSPS) is 17.6. The fourth-order valence-corrected chi connectivity index (χ4v) is 8.10. The number of urea groups is 1. The average Bonchev–Trinajstić information content (AvgIpc) is 3.96. The molecular weight excluding hydrogens is 730 g/mol. The van der Waals surface area contributed by atoms with E-state index in [1.54, 1.807) is 40.3 Å². The number of benzene rings is 2. The van der Waals surface area contributed by atoms with Gasteiger partial charge >= 0.3 is 6.03 Å². The van der Waals surface area contributed by atoms with Crippen LogP contribution < -0.4 is 25.6 Å². The summed E-state index contributed by atoms with van der Waals surface area (Å²) in [6, 6.07) is 14.0. The van der Waals surface area contributed by atoms with Crippen molar-refractivity contribution in [3.8, 4) is 22.7 Å². The second-order valence-corrected chi connectivity index (χ2v) is 15.0. The Bertz CT molecular complexity index is 2430. The van der Waals surface area contributed by atoms with Crippen molar-refractivity contribution in [3.63, 3.8) is 0 Å². The van der Waals surface area contributed by atoms with E-state index in [1.165, 1.54) is 17.0 Å². The first-order valence-corrected chi connectivity index (χ1v) is 19.2. The van der Waals surface area contributed by atoms with E-state index in [-0.39, 0.29) is 24.0 Å². The van der Waals surface area contributed by atoms with Gasteiger partial charge in [-0.3, -0.25) is 24.6 Å². The molecule has 3 saturated heterocycles. The summed E-state index contributed by atoms with van der Waals surface area (Å²) >= 11 is 0. The lowest BCUT2D eigenvalue weighted by molar-refractivity contribution is -0.120. The molecule has 0 bridgehead atoms. The smallest absolute Gasteiger partial charge is 0.329 e. The number of imide groups is 1. The molecule has 9 rings (SSSR count). The van der Waals surface area contributed by atoms with E-state index in [2.05, 4.69) is 57.3 Å². The van der Waals surface area contributed by atoms with Crippen LogP contribution in [0.4, 0.5) is 26.5 Å². The minimum Gasteiger partial charge on any atom is -0.482 e. The number of halogens is 1. The maximum Gasteiger partial charge on any atom is 0.329 e. The number of carbonyl (C=O) groups excluding carboxylic acids is 2. The molecule has 3 aliphatic heterocycles. The van der Waals surface area contributed by atoms with Crippen LogP contribution in [-0.2, 0) is 18.4 Å². The number of imidazole rings is 1. The average molecular weight is 774 g/mol. The first kappa shape index (κ1) is 36.3. The van der Waals surface area contributed by atoms with Gasteiger partial charge in [0, 0.05) is 119 Å². The summed E-state index contributed by atoms with van der Waals surface area (Å²) in [4.78, 5) is 45.5. The molecule has 7 heterocycles. The fourth-order valence-electron chi connectivity index (χ4n) is 8.10. The van der Waals surface area contributed by atoms with Crippen LogP contribution in [0.1, 0.15) is 30.7 Å². The van der Waals surface area contributed by atoms with Crippen molar-refractivity contribution in [1.29, 1.82) is 0 Å². The van der Waals surface area contributed by atoms with Crippen molar-refractivity contribution in [2.75, 3.05) is 67.9 Å². The van der Waals surface area contributed by atoms with Gasteiger partial charge < -0.3 is 25.3 Å². The quantitative estimate of drug-likeness (QED) is 0.173. The third-order valence-electron chi connectivity index (χ3n) is 11.2. The molecule has 4 N–H and O–H groups in total. The molecule has 1 atom stereocenters. The lowest BCUT2D eigenvalue weighted by atomic mass is 9.97. The Labute approximate surface area is 328 Å². The van der Waals surface area contributed by atoms with E-state index in [9.17, 15) is 14.0 Å². The number of piperazine rings is 1. The van der Waals surface area contributed by atoms with Gasteiger partial charge in [0.05, 0.1) is 28.9 Å². The number of hydrogen-bond donors (Lipinski definition) is 3. The van der Waals surface area contributed by atoms with Crippen LogP contribution in [0.2, 0.25) is 0 Å². The number of hydrogen-bond acceptors (Lipinski definition) is 11. The van der Waals surface area contributed by atoms with Gasteiger partial charge in [-0.05, 0) is 55.5 Å². The number of aromatic amines is 1. The molecule has 6 aromatic rings. The van der Waals surface area contributed by atoms with Gasteiger partial charge in [-0.2, -0.15) is 10.2 Å². The van der Waals surface area contributed by atoms with Gasteiger partial charge in [-0.15, -0.1) is 0 Å². The van der Waals surface area contributed by atoms with E-state index < -0.39 is 12.1 Å². The minimum atomic E-state index is -0.547. The van der Waals surface area contributed by atoms with E-state index in [0.29, 0.717) is 41.8 Å². The highest BCUT2D eigenvalue weighted by atomic mass is 19.1. The van der Waals surface area contributed by atoms with Crippen LogP contribution in [-0.4, -0.2) is 109 Å². The van der Waals surface area contributed by atoms with Gasteiger partial charge in [0.15, 0.2) is 17.4 Å². The maximum absolute atomic E-state index is 14.4. The van der Waals surface area contributed by atoms with Crippen molar-refractivity contribution in [3.05, 3.63) is 90.5 Å². The van der Waals surface area contributed by atoms with Crippen molar-refractivity contribution in [2.45, 2.75) is 26.0 Å². The third-order valence-corrected chi connectivity index (χ3v) is 11.2. The molecule has 3 fully saturated rings. The van der Waals surface area contributed by atoms with Gasteiger partial charge in [-0.25, -0.2) is 23.8 Å². The van der Waals surface area contributed by atoms with Crippen molar-refractivity contribution in [1.82, 2.24) is 49.6 Å². The number of aromatic nitrogens is 7. The first-order valence-electron chi connectivity index (χ1n) is 19.2. The molecule has 0 aliphatic carbocycles. The number of amides is 3. The Hall–Kier alpha value is -6.33. The van der Waals surface area contributed by atoms with Crippen molar-refractivity contribution in [2.24, 2.45) is 13.0 Å². The molecule has 294 valence electrons. The fraction of sp³-hybridized carbons (Fsp3) is 0.350. The van der Waals surface area contributed by atoms with Crippen molar-refractivity contribution < 1.29 is 18.7 Å². The SMILES string of the molecule is C[C@@H](Oc1cc(-c2nc[nH]c2CN2CCN(CC3CN(c4ccc5c(N6CCC(=O)NC6=O)nn(C)c5c4)C3)CC2)cnc1N)c1cc(F)ccc1-n1cccn1. The molecular formula is C40H44FN13O3. The second-order valence-electron chi connectivity index (χ2n) is 15.0. The Morgan fingerprint density at radius 3 is 2.63 bits per heavy atom. The van der Waals surface area contributed by atoms with Gasteiger partial charge in [0.2, 0.25) is 5.91 Å². The summed E-state index contributed by atoms with van der Waals surface area (Å²) < 4.78 is 24.2. The number of fused-ring (bicyclic) bond motifs is 1. The topological polar surface area (TPSA) is 172 Å². The largest absolute Gasteiger partial charge is 0.482 e. The zero-order chi connectivity index (χ0) is 39.2. The number of rotatable bonds is 11. The van der Waals surface area contributed by atoms with E-state index in [0.717, 1.165) is 79.4 Å². The van der Waals surface area contributed by atoms with Gasteiger partial charge in [0.25, 0.3) is 0 Å². The van der Waals surface area contributed by atoms with Crippen LogP contribution in [0, 0.1) is 11.7 Å². The maximum atomic E-state index is 14.4. The summed E-state index contributed by atoms with van der Waals surface area (Å²) in [5.41, 5.74) is 12.3. The third kappa shape index (κ3) is 7.26. The standard InChI is InChI=1S/C40H44FN13O3/c1-25(31-17-28(41)4-7-33(31)54-10-3-9-46-54)57-35-16-27(19-43-38(35)42)37-32(44-24-45-37)23-51-14-12-50(13-15-51)20-26-21-52(22-26)29-5-6-30-34(18-29)49(2)48-39(30)53-11-8-36(55)47-40(53)56/h3-7,9-10,16-19,24-26H,8,11-15,20-23H2,1-2H3,(H2,42,43)(H,44,45)(H,47,55,56)/t25-/m1/s1. The van der Waals surface area contributed by atoms with E-state index in [1.807, 2.05) is 32.2 Å². The summed E-state index contributed by atoms with van der Waals surface area (Å²) in [5.74, 6) is 1.15. The van der Waals surface area contributed by atoms with Gasteiger partial charge in [-0.1, -0.05) is 0 Å². The Morgan fingerprint density at radius 2 is 1.84 bits per heavy atom. The molecule has 0 spiro atoms. The number of H-pyrrole nitrogens is 1. The Morgan fingerprint density at radius 1 is 1.02 bits per heavy atom. The monoisotopic (exact) mass is 773 g/mol. The van der Waals surface area contributed by atoms with Crippen LogP contribution >= 0.6 is 0 Å². The number of carbonyl (C=O) groups is 2. The second kappa shape index (κ2) is 15.0. The van der Waals surface area contributed by atoms with Crippen molar-refractivity contribution >= 4 is 40.2 Å². The first-order chi connectivity index (χ1) is 27.7. The summed E-state index contributed by atoms with van der Waals surface area (Å²) in [5, 5.41) is 12.2. The highest BCUT2D eigenvalue weighted by molar-refractivity contribution is 6.09. The molecule has 0 saturated carbocycles. The summed E-state index contributed by atoms with van der Waals surface area (Å²) in [6.07, 6.45) is 6.59. The van der Waals surface area contributed by atoms with Crippen LogP contribution in [0.25, 0.3) is 27.8 Å². The number of ether oxygens (including phenoxy) is 1. The highest BCUT2D eigenvalue weighted by Crippen LogP contribution is 2.35. The number of pyridine rings is 1. The number of anilines is 3. The predicted molar refractivity (Wildman–Crippen MR) is 212 cm³/mol. The lowest BCUT2D eigenvalue weighted by Gasteiger charge is -2.44. The molecule has 17 heteroatoms. The number of nitrogens with zero attached hydrogens (tertiary/aromatic N) is 10. The molecule has 0 unspecified atom stereocenters. The van der Waals surface area contributed by atoms with E-state index in [4.69, 9.17) is 10.5 Å². The van der Waals surface area contributed by atoms with Crippen LogP contribution in [0.5, 0.6) is 5.75 Å². The molecule has 2 aromatic carbocycles. The molecule has 4 aromatic heterocycles. The van der Waals surface area contributed by atoms with Crippen LogP contribution in [0.3, 0.4) is 0 Å². The summed E-state index contributed by atoms with van der Waals surface area (Å²) in [6.45, 7) is 9.75. The lowest BCUT2D eigenvalue weighted by Crippen LogP contribution is -2.54. The highest BCUT2D eigenvalue weighted by Gasteiger charge is 2.32. The minimum absolute atomic E-state index is 0.235.